The third-order valence-corrected chi connectivity index (χ3v) is 4.57. The zero-order valence-corrected chi connectivity index (χ0v) is 14.3. The molecule has 0 aliphatic carbocycles. The molecule has 0 saturated carbocycles. The lowest BCUT2D eigenvalue weighted by Crippen LogP contribution is -2.41. The predicted octanol–water partition coefficient (Wildman–Crippen LogP) is 2.73. The summed E-state index contributed by atoms with van der Waals surface area (Å²) in [5.74, 6) is -1.95. The lowest BCUT2D eigenvalue weighted by molar-refractivity contribution is -0.174. The zero-order valence-electron chi connectivity index (χ0n) is 14.3. The number of nitrogens with one attached hydrogen (secondary N) is 1. The minimum absolute atomic E-state index is 0.468. The minimum atomic E-state index is -4.89. The monoisotopic (exact) mass is 343 g/mol. The van der Waals surface area contributed by atoms with E-state index in [0.717, 1.165) is 5.46 Å². The fourth-order valence-corrected chi connectivity index (χ4v) is 2.28. The van der Waals surface area contributed by atoms with Gasteiger partial charge in [-0.25, -0.2) is 0 Å². The molecule has 1 aliphatic rings. The second-order valence-electron chi connectivity index (χ2n) is 6.95. The van der Waals surface area contributed by atoms with Gasteiger partial charge >= 0.3 is 19.2 Å². The van der Waals surface area contributed by atoms with Crippen LogP contribution in [0.4, 0.5) is 13.2 Å². The van der Waals surface area contributed by atoms with Crippen molar-refractivity contribution in [2.45, 2.75) is 58.0 Å². The maximum absolute atomic E-state index is 12.3. The highest BCUT2D eigenvalue weighted by Gasteiger charge is 2.51. The third-order valence-electron chi connectivity index (χ3n) is 4.57. The maximum atomic E-state index is 12.3. The van der Waals surface area contributed by atoms with E-state index >= 15 is 0 Å². The molecule has 0 bridgehead atoms. The van der Waals surface area contributed by atoms with Crippen molar-refractivity contribution < 1.29 is 27.3 Å². The molecule has 0 spiro atoms. The molecular weight excluding hydrogens is 322 g/mol. The summed E-state index contributed by atoms with van der Waals surface area (Å²) in [6, 6.07) is 6.01. The van der Waals surface area contributed by atoms with E-state index in [1.54, 1.807) is 24.3 Å². The van der Waals surface area contributed by atoms with Gasteiger partial charge in [-0.2, -0.15) is 13.2 Å². The molecule has 1 aromatic carbocycles. The Morgan fingerprint density at radius 3 is 1.96 bits per heavy atom. The summed E-state index contributed by atoms with van der Waals surface area (Å²) >= 11 is 0. The smallest absolute Gasteiger partial charge is 0.399 e. The van der Waals surface area contributed by atoms with E-state index in [4.69, 9.17) is 9.31 Å². The van der Waals surface area contributed by atoms with Crippen molar-refractivity contribution in [1.82, 2.24) is 5.32 Å². The van der Waals surface area contributed by atoms with Crippen LogP contribution in [-0.2, 0) is 14.1 Å². The van der Waals surface area contributed by atoms with Crippen molar-refractivity contribution in [1.29, 1.82) is 0 Å². The largest absolute Gasteiger partial charge is 0.494 e. The number of halogens is 3. The first-order chi connectivity index (χ1) is 10.8. The predicted molar refractivity (Wildman–Crippen MR) is 84.8 cm³/mol. The van der Waals surface area contributed by atoms with Gasteiger partial charge in [0.2, 0.25) is 0 Å². The molecule has 1 fully saturated rings. The van der Waals surface area contributed by atoms with Gasteiger partial charge in [-0.3, -0.25) is 4.79 Å². The highest BCUT2D eigenvalue weighted by molar-refractivity contribution is 6.62. The third kappa shape index (κ3) is 3.75. The molecule has 132 valence electrons. The van der Waals surface area contributed by atoms with E-state index in [0.29, 0.717) is 5.56 Å². The SMILES string of the molecule is C[C@H](NC(=O)C(F)(F)F)c1ccc(B2OC(C)(C)C(C)(C)O2)cc1. The van der Waals surface area contributed by atoms with E-state index in [-0.39, 0.29) is 0 Å². The Bertz CT molecular complexity index is 598. The quantitative estimate of drug-likeness (QED) is 0.859. The number of carbonyl (C=O) groups is 1. The van der Waals surface area contributed by atoms with Gasteiger partial charge in [0.1, 0.15) is 0 Å². The summed E-state index contributed by atoms with van der Waals surface area (Å²) in [4.78, 5) is 11.0. The average Bonchev–Trinajstić information content (AvgIpc) is 2.66. The van der Waals surface area contributed by atoms with Crippen molar-refractivity contribution in [3.8, 4) is 0 Å². The number of hydrogen-bond donors (Lipinski definition) is 1. The first-order valence-electron chi connectivity index (χ1n) is 7.67. The Labute approximate surface area is 139 Å². The molecule has 8 heteroatoms. The van der Waals surface area contributed by atoms with Gasteiger partial charge in [0, 0.05) is 0 Å². The Morgan fingerprint density at radius 1 is 1.08 bits per heavy atom. The molecule has 4 nitrogen and oxygen atoms in total. The first kappa shape index (κ1) is 18.8. The van der Waals surface area contributed by atoms with Gasteiger partial charge in [-0.1, -0.05) is 24.3 Å². The number of amides is 1. The van der Waals surface area contributed by atoms with E-state index in [1.165, 1.54) is 6.92 Å². The molecule has 1 aromatic rings. The topological polar surface area (TPSA) is 47.6 Å². The summed E-state index contributed by atoms with van der Waals surface area (Å²) in [6.07, 6.45) is -4.89. The van der Waals surface area contributed by atoms with Gasteiger partial charge in [0.05, 0.1) is 17.2 Å². The molecule has 1 heterocycles. The van der Waals surface area contributed by atoms with Crippen LogP contribution in [0.5, 0.6) is 0 Å². The van der Waals surface area contributed by atoms with Crippen molar-refractivity contribution in [2.24, 2.45) is 0 Å². The van der Waals surface area contributed by atoms with Crippen molar-refractivity contribution >= 4 is 18.5 Å². The Balaban J connectivity index is 2.08. The highest BCUT2D eigenvalue weighted by atomic mass is 19.4. The number of hydrogen-bond acceptors (Lipinski definition) is 3. The summed E-state index contributed by atoms with van der Waals surface area (Å²) in [7, 11) is -0.538. The fourth-order valence-electron chi connectivity index (χ4n) is 2.28. The highest BCUT2D eigenvalue weighted by Crippen LogP contribution is 2.36. The van der Waals surface area contributed by atoms with Gasteiger partial charge in [0.15, 0.2) is 0 Å². The Kier molecular flexibility index (Phi) is 4.76. The van der Waals surface area contributed by atoms with Crippen molar-refractivity contribution in [3.63, 3.8) is 0 Å². The Hall–Kier alpha value is -1.54. The van der Waals surface area contributed by atoms with Crippen LogP contribution in [0.25, 0.3) is 0 Å². The number of benzene rings is 1. The minimum Gasteiger partial charge on any atom is -0.399 e. The average molecular weight is 343 g/mol. The van der Waals surface area contributed by atoms with Crippen LogP contribution in [0.15, 0.2) is 24.3 Å². The van der Waals surface area contributed by atoms with E-state index in [1.807, 2.05) is 33.0 Å². The van der Waals surface area contributed by atoms with E-state index in [9.17, 15) is 18.0 Å². The maximum Gasteiger partial charge on any atom is 0.494 e. The molecular formula is C16H21BF3NO3. The van der Waals surface area contributed by atoms with Gasteiger partial charge in [-0.15, -0.1) is 0 Å². The van der Waals surface area contributed by atoms with Crippen LogP contribution >= 0.6 is 0 Å². The molecule has 24 heavy (non-hydrogen) atoms. The normalized spacial score (nSPS) is 20.8. The van der Waals surface area contributed by atoms with Gasteiger partial charge in [-0.05, 0) is 45.6 Å². The van der Waals surface area contributed by atoms with Crippen LogP contribution in [0.2, 0.25) is 0 Å². The van der Waals surface area contributed by atoms with Crippen LogP contribution < -0.4 is 10.8 Å². The van der Waals surface area contributed by atoms with Crippen LogP contribution in [0, 0.1) is 0 Å². The second-order valence-corrected chi connectivity index (χ2v) is 6.95. The number of alkyl halides is 3. The lowest BCUT2D eigenvalue weighted by atomic mass is 9.78. The number of carbonyl (C=O) groups excluding carboxylic acids is 1. The number of rotatable bonds is 3. The zero-order chi connectivity index (χ0) is 18.3. The van der Waals surface area contributed by atoms with Crippen LogP contribution in [-0.4, -0.2) is 30.4 Å². The second kappa shape index (κ2) is 6.08. The molecule has 0 radical (unpaired) electrons. The summed E-state index contributed by atoms with van der Waals surface area (Å²) in [5, 5.41) is 1.92. The van der Waals surface area contributed by atoms with Crippen molar-refractivity contribution in [2.75, 3.05) is 0 Å². The standard InChI is InChI=1S/C16H21BF3NO3/c1-10(21-13(22)16(18,19)20)11-6-8-12(9-7-11)17-23-14(2,3)15(4,5)24-17/h6-10H,1-5H3,(H,21,22)/t10-/m0/s1. The molecule has 1 saturated heterocycles. The summed E-state index contributed by atoms with van der Waals surface area (Å²) in [5.41, 5.74) is 0.397. The Morgan fingerprint density at radius 2 is 1.54 bits per heavy atom. The molecule has 1 aliphatic heterocycles. The first-order valence-corrected chi connectivity index (χ1v) is 7.67. The molecule has 0 unspecified atom stereocenters. The molecule has 2 rings (SSSR count). The van der Waals surface area contributed by atoms with Gasteiger partial charge < -0.3 is 14.6 Å². The van der Waals surface area contributed by atoms with E-state index < -0.39 is 36.4 Å². The molecule has 1 amide bonds. The van der Waals surface area contributed by atoms with Crippen LogP contribution in [0.3, 0.4) is 0 Å². The van der Waals surface area contributed by atoms with E-state index in [2.05, 4.69) is 0 Å². The lowest BCUT2D eigenvalue weighted by Gasteiger charge is -2.32. The van der Waals surface area contributed by atoms with Crippen LogP contribution in [0.1, 0.15) is 46.2 Å². The summed E-state index contributed by atoms with van der Waals surface area (Å²) in [6.45, 7) is 9.26. The molecule has 0 aromatic heterocycles. The molecule has 1 N–H and O–H groups in total. The summed E-state index contributed by atoms with van der Waals surface area (Å²) < 4.78 is 48.7. The fraction of sp³-hybridized carbons (Fsp3) is 0.562. The molecule has 1 atom stereocenters. The van der Waals surface area contributed by atoms with Crippen molar-refractivity contribution in [3.05, 3.63) is 29.8 Å². The van der Waals surface area contributed by atoms with Gasteiger partial charge in [0.25, 0.3) is 0 Å².